The summed E-state index contributed by atoms with van der Waals surface area (Å²) in [5.74, 6) is 3.40. The molecule has 5 aromatic carbocycles. The summed E-state index contributed by atoms with van der Waals surface area (Å²) in [5.41, 5.74) is 11.9. The number of carbonyl (C=O) groups is 4. The van der Waals surface area contributed by atoms with E-state index < -0.39 is 91.1 Å². The first-order valence-corrected chi connectivity index (χ1v) is 43.8. The lowest BCUT2D eigenvalue weighted by atomic mass is 9.46. The third-order valence-electron chi connectivity index (χ3n) is 33.1. The SMILES string of the molecule is C.CN1CC[C@@]23C4=CC=C(CO)[C@@H]2Oc2c(CO)ccc(c23)C[C@H]41.CN1CC[C@]23c4c5ccc(CO)c4O[C@H]2C(=O)C[C@@H](O)[C@@]3(O)[C@H]1C5.CN1CC[C@]23c4c5ccc(CO)c4O[C@H]2C(=O)C[C@H](O)[C@@]3(O)[C@H]1C5.COc1ccc2c3c1O[C@H]1C(=O)C=C[C@@]4(O)[C@@H](C2)C([NH3+])CC[C@]314.C[NH+]1CC[C@]23c4c5ccc(CO)c4O[C@H]2C(=O)C=C[C@@]3(O)[C@H]1C5.O=S(=O)([O-])[O-]. The standard InChI is InChI=1S/C19H21NO3.2C18H21NO5.2C18H19NO4.CH4.H2O4S/c1-20-7-6-19-14-5-4-13(10-22)18(19)23-17-12(9-21)3-2-11(16(17)19)8-15(14)20;2*1-19-5-4-17-14-9-2-3-10(8-20)15(14)24-16(17)11(21)7-13(22)18(17,23)12(19)6-9;1-22-13-3-2-9-8-10-11(19)4-6-17-14(9)15(13)23-16(17)12(20)5-7-18(10,17)21;1-19-7-6-17-14-10-2-3-11(9-20)15(14)23-16(17)12(21)4-5-18(17,22)13(19)8-10;;1-5(2,3)4/h2-5,15,18,21-22H,6-10H2,1H3;2*2-3,12-13,16,20,22-23H,4-8H2,1H3;2-3,5,7,10-11,16,21H,4,6,8,19H2,1H3;2-5,13,16,20,22H,6-9H2,1H3;1H4;(H2,1,2,3,4)/t15-,18+,19+;12-,13+,16+,17+,18+;12-,13-,16+,17+,18+;10-,11?,16-,17-,18+;13-,16+,17+,18-;;/m11101../s1. The van der Waals surface area contributed by atoms with Gasteiger partial charge in [0.05, 0.1) is 99.1 Å². The Morgan fingerprint density at radius 3 is 1.43 bits per heavy atom. The number of hydrogen-bond donors (Lipinski definition) is 13. The first-order valence-electron chi connectivity index (χ1n) is 42.5. The molecule has 10 bridgehead atoms. The lowest BCUT2D eigenvalue weighted by molar-refractivity contribution is -0.922. The summed E-state index contributed by atoms with van der Waals surface area (Å²) in [6.45, 7) is 2.93. The molecule has 3 saturated carbocycles. The molecule has 0 aromatic heterocycles. The van der Waals surface area contributed by atoms with Gasteiger partial charge >= 0.3 is 0 Å². The van der Waals surface area contributed by atoms with Crippen molar-refractivity contribution in [3.8, 4) is 34.5 Å². The van der Waals surface area contributed by atoms with Gasteiger partial charge in [0.15, 0.2) is 59.0 Å². The lowest BCUT2D eigenvalue weighted by Gasteiger charge is -2.63. The smallest absolute Gasteiger partial charge is 0.196 e. The number of ether oxygens (including phenoxy) is 6. The van der Waals surface area contributed by atoms with Crippen molar-refractivity contribution in [3.05, 3.63) is 186 Å². The van der Waals surface area contributed by atoms with Crippen molar-refractivity contribution in [2.75, 3.05) is 68.1 Å². The van der Waals surface area contributed by atoms with Crippen LogP contribution in [0.5, 0.6) is 34.5 Å². The molecule has 2 unspecified atom stereocenters. The Morgan fingerprint density at radius 2 is 0.927 bits per heavy atom. The van der Waals surface area contributed by atoms with Gasteiger partial charge in [-0.2, -0.15) is 0 Å². The highest BCUT2D eigenvalue weighted by molar-refractivity contribution is 7.79. The minimum Gasteiger partial charge on any atom is -0.759 e. The van der Waals surface area contributed by atoms with E-state index in [1.165, 1.54) is 33.8 Å². The third-order valence-corrected chi connectivity index (χ3v) is 33.1. The fourth-order valence-electron chi connectivity index (χ4n) is 27.7. The molecule has 123 heavy (non-hydrogen) atoms. The number of quaternary nitrogens is 2. The summed E-state index contributed by atoms with van der Waals surface area (Å²) >= 11 is 0. The van der Waals surface area contributed by atoms with Crippen LogP contribution in [0.4, 0.5) is 0 Å². The van der Waals surface area contributed by atoms with Crippen molar-refractivity contribution in [2.24, 2.45) is 5.92 Å². The summed E-state index contributed by atoms with van der Waals surface area (Å²) < 4.78 is 70.2. The molecule has 5 aromatic rings. The van der Waals surface area contributed by atoms with E-state index in [9.17, 15) is 75.3 Å². The fraction of sp³-hybridized carbons (Fsp3) is 0.543. The number of nitrogens with zero attached hydrogens (tertiary/aromatic N) is 3. The number of aliphatic hydroxyl groups is 11. The minimum atomic E-state index is -5.17. The van der Waals surface area contributed by atoms with Crippen molar-refractivity contribution < 1.29 is 132 Å². The highest BCUT2D eigenvalue weighted by Crippen LogP contribution is 2.70. The van der Waals surface area contributed by atoms with E-state index in [-0.39, 0.29) is 118 Å². The van der Waals surface area contributed by atoms with Crippen LogP contribution in [0.15, 0.2) is 108 Å². The molecule has 20 aliphatic rings. The number of nitrogens with one attached hydrogen (secondary N) is 1. The quantitative estimate of drug-likeness (QED) is 0.0689. The number of rotatable bonds is 6. The van der Waals surface area contributed by atoms with Gasteiger partial charge in [-0.15, -0.1) is 0 Å². The van der Waals surface area contributed by atoms with Crippen LogP contribution in [-0.4, -0.2) is 275 Å². The number of carbonyl (C=O) groups excluding carboxylic acids is 4. The number of likely N-dealkylation sites (N-methyl/N-ethyl adjacent to an activating group) is 4. The Kier molecular flexibility index (Phi) is 19.6. The maximum Gasteiger partial charge on any atom is 0.196 e. The molecule has 5 spiro atoms. The molecule has 7 fully saturated rings. The van der Waals surface area contributed by atoms with E-state index >= 15 is 0 Å². The van der Waals surface area contributed by atoms with Gasteiger partial charge in [-0.3, -0.25) is 32.5 Å². The van der Waals surface area contributed by atoms with E-state index in [1.54, 1.807) is 19.3 Å². The molecule has 31 heteroatoms. The van der Waals surface area contributed by atoms with Gasteiger partial charge in [0.2, 0.25) is 0 Å². The summed E-state index contributed by atoms with van der Waals surface area (Å²) in [4.78, 5) is 58.4. The zero-order chi connectivity index (χ0) is 85.9. The highest BCUT2D eigenvalue weighted by atomic mass is 32.3. The van der Waals surface area contributed by atoms with Crippen molar-refractivity contribution in [3.63, 3.8) is 0 Å². The zero-order valence-electron chi connectivity index (χ0n) is 68.4. The second-order valence-electron chi connectivity index (χ2n) is 37.6. The van der Waals surface area contributed by atoms with Gasteiger partial charge in [-0.05, 0) is 161 Å². The maximum absolute atomic E-state index is 12.7. The Bertz CT molecular complexity index is 5360. The number of piperidine rings is 4. The van der Waals surface area contributed by atoms with Gasteiger partial charge in [-0.25, -0.2) is 0 Å². The van der Waals surface area contributed by atoms with Gasteiger partial charge in [-0.1, -0.05) is 74.2 Å². The summed E-state index contributed by atoms with van der Waals surface area (Å²) in [6.07, 6.45) is 13.4. The Hall–Kier alpha value is -8.23. The molecule has 25 rings (SSSR count). The first kappa shape index (κ1) is 84.3. The molecule has 0 radical (unpaired) electrons. The molecule has 656 valence electrons. The Balaban J connectivity index is 0.0000000994. The van der Waals surface area contributed by atoms with Crippen molar-refractivity contribution in [2.45, 2.75) is 240 Å². The Morgan fingerprint density at radius 1 is 0.504 bits per heavy atom. The van der Waals surface area contributed by atoms with Crippen LogP contribution in [-0.2, 0) is 115 Å². The predicted molar refractivity (Wildman–Crippen MR) is 434 cm³/mol. The number of allylic oxidation sites excluding steroid dienone is 2. The fourth-order valence-corrected chi connectivity index (χ4v) is 27.7. The molecule has 15 N–H and O–H groups in total. The molecule has 4 saturated heterocycles. The molecule has 9 heterocycles. The molecular weight excluding hydrogens is 1610 g/mol. The molecular formula is C92H107N5O25S. The van der Waals surface area contributed by atoms with Crippen LogP contribution in [0.25, 0.3) is 0 Å². The van der Waals surface area contributed by atoms with Gasteiger partial charge in [0.1, 0.15) is 57.5 Å². The van der Waals surface area contributed by atoms with Crippen molar-refractivity contribution >= 4 is 33.5 Å². The molecule has 30 nitrogen and oxygen atoms in total. The normalized spacial score (nSPS) is 39.2. The van der Waals surface area contributed by atoms with Crippen LogP contribution in [0, 0.1) is 5.92 Å². The van der Waals surface area contributed by atoms with E-state index in [0.717, 1.165) is 120 Å². The van der Waals surface area contributed by atoms with Crippen LogP contribution in [0.1, 0.15) is 137 Å². The average molecular weight is 1710 g/mol. The Labute approximate surface area is 711 Å². The first-order chi connectivity index (χ1) is 58.1. The van der Waals surface area contributed by atoms with E-state index in [0.29, 0.717) is 90.0 Å². The van der Waals surface area contributed by atoms with Gasteiger partial charge in [0, 0.05) is 117 Å². The van der Waals surface area contributed by atoms with Crippen LogP contribution in [0.3, 0.4) is 0 Å². The third kappa shape index (κ3) is 10.6. The maximum atomic E-state index is 12.7. The molecule has 0 amide bonds. The topological polar surface area (TPSA) is 468 Å². The number of benzene rings is 5. The minimum absolute atomic E-state index is 0. The summed E-state index contributed by atoms with van der Waals surface area (Å²) in [6, 6.07) is 19.7. The van der Waals surface area contributed by atoms with E-state index in [4.69, 9.17) is 45.9 Å². The number of likely N-dealkylation sites (tertiary alicyclic amines) is 4. The average Bonchev–Trinajstić information content (AvgIpc) is 1.55. The van der Waals surface area contributed by atoms with Crippen molar-refractivity contribution in [1.82, 2.24) is 14.7 Å². The van der Waals surface area contributed by atoms with E-state index in [1.807, 2.05) is 68.7 Å². The number of hydrogen-bond acceptors (Lipinski definition) is 28. The second-order valence-corrected chi connectivity index (χ2v) is 38.4. The monoisotopic (exact) mass is 1710 g/mol. The van der Waals surface area contributed by atoms with E-state index in [2.05, 4.69) is 52.7 Å². The molecule has 11 aliphatic carbocycles. The van der Waals surface area contributed by atoms with Crippen LogP contribution in [0.2, 0.25) is 0 Å². The number of aliphatic hydroxyl groups excluding tert-OH is 7. The van der Waals surface area contributed by atoms with Crippen molar-refractivity contribution in [1.29, 1.82) is 0 Å². The number of Topliss-reactive ketones (excluding diaryl/α,β-unsaturated/α-hetero) is 2. The number of ketones is 4. The highest BCUT2D eigenvalue weighted by Gasteiger charge is 2.80. The predicted octanol–water partition coefficient (Wildman–Crippen LogP) is -1.37. The molecule has 9 aliphatic heterocycles. The molecule has 23 atom stereocenters. The second kappa shape index (κ2) is 28.6. The number of methoxy groups -OCH3 is 1. The lowest BCUT2D eigenvalue weighted by Crippen LogP contribution is -3.19. The van der Waals surface area contributed by atoms with Gasteiger partial charge < -0.3 is 114 Å². The summed E-state index contributed by atoms with van der Waals surface area (Å²) in [5, 5.41) is 117. The zero-order valence-corrected chi connectivity index (χ0v) is 69.2. The summed E-state index contributed by atoms with van der Waals surface area (Å²) in [7, 11) is 4.65. The van der Waals surface area contributed by atoms with Crippen LogP contribution >= 0.6 is 0 Å². The van der Waals surface area contributed by atoms with Crippen LogP contribution < -0.4 is 39.1 Å². The van der Waals surface area contributed by atoms with Gasteiger partial charge in [0.25, 0.3) is 0 Å². The largest absolute Gasteiger partial charge is 0.759 e.